The standard InChI is InChI=1S/C7H5FINO/c1-4(11)6-5(9)2-3-10-7(6)8/h2-3H,1H3. The number of aromatic nitrogens is 1. The van der Waals surface area contributed by atoms with Crippen LogP contribution in [-0.2, 0) is 0 Å². The summed E-state index contributed by atoms with van der Waals surface area (Å²) < 4.78 is 13.4. The molecule has 0 aliphatic heterocycles. The lowest BCUT2D eigenvalue weighted by Gasteiger charge is -1.98. The minimum absolute atomic E-state index is 0.0769. The Labute approximate surface area is 77.0 Å². The van der Waals surface area contributed by atoms with E-state index in [1.54, 1.807) is 6.07 Å². The van der Waals surface area contributed by atoms with Gasteiger partial charge in [0.1, 0.15) is 0 Å². The smallest absolute Gasteiger partial charge is 0.224 e. The summed E-state index contributed by atoms with van der Waals surface area (Å²) in [6.45, 7) is 1.32. The van der Waals surface area contributed by atoms with E-state index in [2.05, 4.69) is 4.98 Å². The van der Waals surface area contributed by atoms with E-state index in [1.165, 1.54) is 13.1 Å². The van der Waals surface area contributed by atoms with E-state index in [1.807, 2.05) is 22.6 Å². The van der Waals surface area contributed by atoms with Crippen LogP contribution in [0.25, 0.3) is 0 Å². The highest BCUT2D eigenvalue weighted by molar-refractivity contribution is 14.1. The summed E-state index contributed by atoms with van der Waals surface area (Å²) in [5.41, 5.74) is 0.0769. The van der Waals surface area contributed by atoms with Gasteiger partial charge < -0.3 is 0 Å². The van der Waals surface area contributed by atoms with Crippen LogP contribution in [0.4, 0.5) is 4.39 Å². The number of pyridine rings is 1. The second-order valence-electron chi connectivity index (χ2n) is 2.01. The lowest BCUT2D eigenvalue weighted by molar-refractivity contribution is 0.101. The number of halogens is 2. The molecule has 0 bridgehead atoms. The Morgan fingerprint density at radius 2 is 2.36 bits per heavy atom. The van der Waals surface area contributed by atoms with Gasteiger partial charge in [-0.05, 0) is 35.6 Å². The van der Waals surface area contributed by atoms with Crippen LogP contribution in [0.15, 0.2) is 12.3 Å². The molecule has 0 N–H and O–H groups in total. The predicted octanol–water partition coefficient (Wildman–Crippen LogP) is 2.03. The summed E-state index contributed by atoms with van der Waals surface area (Å²) >= 11 is 1.90. The van der Waals surface area contributed by atoms with E-state index in [4.69, 9.17) is 0 Å². The number of carbonyl (C=O) groups excluding carboxylic acids is 1. The van der Waals surface area contributed by atoms with Crippen molar-refractivity contribution in [3.63, 3.8) is 0 Å². The SMILES string of the molecule is CC(=O)c1c(I)ccnc1F. The first-order valence-electron chi connectivity index (χ1n) is 2.94. The summed E-state index contributed by atoms with van der Waals surface area (Å²) in [5.74, 6) is -0.982. The van der Waals surface area contributed by atoms with Gasteiger partial charge in [-0.1, -0.05) is 0 Å². The first-order valence-corrected chi connectivity index (χ1v) is 4.01. The van der Waals surface area contributed by atoms with Crippen LogP contribution < -0.4 is 0 Å². The van der Waals surface area contributed by atoms with Crippen molar-refractivity contribution in [1.29, 1.82) is 0 Å². The lowest BCUT2D eigenvalue weighted by Crippen LogP contribution is -2.02. The van der Waals surface area contributed by atoms with E-state index >= 15 is 0 Å². The average Bonchev–Trinajstić information content (AvgIpc) is 1.85. The average molecular weight is 265 g/mol. The summed E-state index contributed by atoms with van der Waals surface area (Å²) in [6.07, 6.45) is 1.34. The molecule has 0 spiro atoms. The van der Waals surface area contributed by atoms with Crippen molar-refractivity contribution >= 4 is 28.4 Å². The molecule has 1 heterocycles. The number of ketones is 1. The zero-order valence-corrected chi connectivity index (χ0v) is 7.92. The van der Waals surface area contributed by atoms with Crippen molar-refractivity contribution in [1.82, 2.24) is 4.98 Å². The maximum absolute atomic E-state index is 12.8. The highest BCUT2D eigenvalue weighted by Crippen LogP contribution is 2.13. The topological polar surface area (TPSA) is 30.0 Å². The lowest BCUT2D eigenvalue weighted by atomic mass is 10.2. The number of carbonyl (C=O) groups is 1. The molecule has 2 nitrogen and oxygen atoms in total. The maximum Gasteiger partial charge on any atom is 0.224 e. The third-order valence-corrected chi connectivity index (χ3v) is 2.10. The minimum atomic E-state index is -0.690. The molecule has 0 fully saturated rings. The van der Waals surface area contributed by atoms with Gasteiger partial charge in [-0.3, -0.25) is 4.79 Å². The largest absolute Gasteiger partial charge is 0.294 e. The zero-order chi connectivity index (χ0) is 8.43. The number of rotatable bonds is 1. The number of hydrogen-bond donors (Lipinski definition) is 0. The van der Waals surface area contributed by atoms with Gasteiger partial charge in [0.15, 0.2) is 5.78 Å². The summed E-state index contributed by atoms with van der Waals surface area (Å²) in [5, 5.41) is 0. The van der Waals surface area contributed by atoms with Crippen LogP contribution in [0.2, 0.25) is 0 Å². The van der Waals surface area contributed by atoms with Gasteiger partial charge in [0.2, 0.25) is 5.95 Å². The summed E-state index contributed by atoms with van der Waals surface area (Å²) in [6, 6.07) is 1.60. The maximum atomic E-state index is 12.8. The van der Waals surface area contributed by atoms with Crippen LogP contribution in [0.1, 0.15) is 17.3 Å². The van der Waals surface area contributed by atoms with Gasteiger partial charge in [0.25, 0.3) is 0 Å². The fraction of sp³-hybridized carbons (Fsp3) is 0.143. The second kappa shape index (κ2) is 3.25. The zero-order valence-electron chi connectivity index (χ0n) is 5.77. The Kier molecular flexibility index (Phi) is 2.53. The van der Waals surface area contributed by atoms with Crippen LogP contribution >= 0.6 is 22.6 Å². The fourth-order valence-corrected chi connectivity index (χ4v) is 1.49. The van der Waals surface area contributed by atoms with Gasteiger partial charge in [0, 0.05) is 9.77 Å². The van der Waals surface area contributed by atoms with Crippen LogP contribution in [0.3, 0.4) is 0 Å². The molecule has 4 heteroatoms. The molecule has 58 valence electrons. The molecular formula is C7H5FINO. The van der Waals surface area contributed by atoms with Gasteiger partial charge in [-0.2, -0.15) is 4.39 Å². The molecule has 0 atom stereocenters. The van der Waals surface area contributed by atoms with Gasteiger partial charge in [-0.25, -0.2) is 4.98 Å². The Morgan fingerprint density at radius 1 is 1.73 bits per heavy atom. The molecule has 1 aromatic heterocycles. The van der Waals surface area contributed by atoms with Gasteiger partial charge in [-0.15, -0.1) is 0 Å². The van der Waals surface area contributed by atoms with Crippen molar-refractivity contribution in [2.45, 2.75) is 6.92 Å². The summed E-state index contributed by atoms with van der Waals surface area (Å²) in [7, 11) is 0. The van der Waals surface area contributed by atoms with Crippen molar-refractivity contribution < 1.29 is 9.18 Å². The second-order valence-corrected chi connectivity index (χ2v) is 3.18. The number of nitrogens with zero attached hydrogens (tertiary/aromatic N) is 1. The van der Waals surface area contributed by atoms with Crippen molar-refractivity contribution in [2.75, 3.05) is 0 Å². The Hall–Kier alpha value is -0.520. The first-order chi connectivity index (χ1) is 5.13. The number of hydrogen-bond acceptors (Lipinski definition) is 2. The van der Waals surface area contributed by atoms with Crippen LogP contribution in [0.5, 0.6) is 0 Å². The van der Waals surface area contributed by atoms with Crippen LogP contribution in [0, 0.1) is 9.52 Å². The molecule has 0 aromatic carbocycles. The molecule has 0 amide bonds. The molecule has 0 saturated heterocycles. The first kappa shape index (κ1) is 8.58. The molecule has 11 heavy (non-hydrogen) atoms. The van der Waals surface area contributed by atoms with E-state index < -0.39 is 5.95 Å². The van der Waals surface area contributed by atoms with Crippen molar-refractivity contribution in [3.05, 3.63) is 27.3 Å². The van der Waals surface area contributed by atoms with E-state index in [0.717, 1.165) is 0 Å². The molecule has 1 aromatic rings. The Morgan fingerprint density at radius 3 is 2.73 bits per heavy atom. The molecule has 0 unspecified atom stereocenters. The molecule has 1 rings (SSSR count). The van der Waals surface area contributed by atoms with Gasteiger partial charge in [0.05, 0.1) is 5.56 Å². The monoisotopic (exact) mass is 265 g/mol. The molecule has 0 radical (unpaired) electrons. The minimum Gasteiger partial charge on any atom is -0.294 e. The highest BCUT2D eigenvalue weighted by atomic mass is 127. The number of Topliss-reactive ketones (excluding diaryl/α,β-unsaturated/α-hetero) is 1. The quantitative estimate of drug-likeness (QED) is 0.441. The molecule has 0 aliphatic carbocycles. The van der Waals surface area contributed by atoms with E-state index in [0.29, 0.717) is 3.57 Å². The molecule has 0 saturated carbocycles. The predicted molar refractivity (Wildman–Crippen MR) is 46.9 cm³/mol. The highest BCUT2D eigenvalue weighted by Gasteiger charge is 2.11. The van der Waals surface area contributed by atoms with E-state index in [-0.39, 0.29) is 11.3 Å². The Balaban J connectivity index is 3.32. The van der Waals surface area contributed by atoms with Gasteiger partial charge >= 0.3 is 0 Å². The van der Waals surface area contributed by atoms with Crippen molar-refractivity contribution in [3.8, 4) is 0 Å². The normalized spacial score (nSPS) is 9.73. The fourth-order valence-electron chi connectivity index (χ4n) is 0.728. The molecule has 0 aliphatic rings. The van der Waals surface area contributed by atoms with E-state index in [9.17, 15) is 9.18 Å². The van der Waals surface area contributed by atoms with Crippen molar-refractivity contribution in [2.24, 2.45) is 0 Å². The van der Waals surface area contributed by atoms with Crippen LogP contribution in [-0.4, -0.2) is 10.8 Å². The Bertz CT molecular complexity index is 280. The summed E-state index contributed by atoms with van der Waals surface area (Å²) in [4.78, 5) is 14.2. The third kappa shape index (κ3) is 1.74. The molecular weight excluding hydrogens is 260 g/mol. The third-order valence-electron chi connectivity index (χ3n) is 1.21.